The molecule has 0 unspecified atom stereocenters. The number of aromatic nitrogens is 1. The number of H-pyrrole nitrogens is 1. The molecule has 212 valence electrons. The van der Waals surface area contributed by atoms with Crippen LogP contribution in [0.3, 0.4) is 0 Å². The summed E-state index contributed by atoms with van der Waals surface area (Å²) >= 11 is 0. The first-order chi connectivity index (χ1) is 19.8. The molecule has 0 radical (unpaired) electrons. The molecule has 0 fully saturated rings. The monoisotopic (exact) mass is 554 g/mol. The SMILES string of the molecule is NC(N)=NCCC[C@@H](C(=O)NCC(=O)O)N(Cc1ccc2[nH]ccc2c1)C(=O)C(c1ccccc1)c1ccccc1. The van der Waals surface area contributed by atoms with E-state index in [0.29, 0.717) is 6.42 Å². The molecule has 2 amide bonds. The number of fused-ring (bicyclic) bond motifs is 1. The van der Waals surface area contributed by atoms with E-state index in [4.69, 9.17) is 11.5 Å². The molecule has 4 rings (SSSR count). The Labute approximate surface area is 238 Å². The normalized spacial score (nSPS) is 11.6. The van der Waals surface area contributed by atoms with Crippen LogP contribution in [0.15, 0.2) is 96.1 Å². The highest BCUT2D eigenvalue weighted by atomic mass is 16.4. The van der Waals surface area contributed by atoms with Gasteiger partial charge in [0, 0.05) is 24.8 Å². The minimum atomic E-state index is -1.18. The van der Waals surface area contributed by atoms with Crippen molar-refractivity contribution in [3.05, 3.63) is 108 Å². The second-order valence-electron chi connectivity index (χ2n) is 9.70. The molecule has 0 aliphatic carbocycles. The average Bonchev–Trinajstić information content (AvgIpc) is 3.44. The maximum absolute atomic E-state index is 14.6. The Morgan fingerprint density at radius 3 is 2.20 bits per heavy atom. The summed E-state index contributed by atoms with van der Waals surface area (Å²) in [4.78, 5) is 48.2. The van der Waals surface area contributed by atoms with Gasteiger partial charge in [-0.1, -0.05) is 66.7 Å². The fourth-order valence-corrected chi connectivity index (χ4v) is 4.88. The first-order valence-electron chi connectivity index (χ1n) is 13.3. The molecule has 3 aromatic carbocycles. The van der Waals surface area contributed by atoms with Gasteiger partial charge < -0.3 is 31.8 Å². The van der Waals surface area contributed by atoms with Crippen LogP contribution in [0.4, 0.5) is 0 Å². The number of nitrogens with two attached hydrogens (primary N) is 2. The molecule has 10 heteroatoms. The van der Waals surface area contributed by atoms with E-state index in [1.165, 1.54) is 0 Å². The number of aromatic amines is 1. The van der Waals surface area contributed by atoms with Gasteiger partial charge in [-0.2, -0.15) is 0 Å². The summed E-state index contributed by atoms with van der Waals surface area (Å²) < 4.78 is 0. The van der Waals surface area contributed by atoms with Gasteiger partial charge in [-0.15, -0.1) is 0 Å². The molecule has 41 heavy (non-hydrogen) atoms. The number of rotatable bonds is 13. The number of carboxylic acid groups (broad SMARTS) is 1. The number of hydrogen-bond acceptors (Lipinski definition) is 4. The lowest BCUT2D eigenvalue weighted by molar-refractivity contribution is -0.143. The zero-order valence-corrected chi connectivity index (χ0v) is 22.6. The first-order valence-corrected chi connectivity index (χ1v) is 13.3. The van der Waals surface area contributed by atoms with Crippen molar-refractivity contribution in [3.8, 4) is 0 Å². The van der Waals surface area contributed by atoms with E-state index in [1.54, 1.807) is 4.90 Å². The first kappa shape index (κ1) is 28.9. The van der Waals surface area contributed by atoms with Crippen LogP contribution in [0, 0.1) is 0 Å². The predicted molar refractivity (Wildman–Crippen MR) is 158 cm³/mol. The Bertz CT molecular complexity index is 1460. The molecular weight excluding hydrogens is 520 g/mol. The maximum atomic E-state index is 14.6. The van der Waals surface area contributed by atoms with Crippen LogP contribution >= 0.6 is 0 Å². The summed E-state index contributed by atoms with van der Waals surface area (Å²) in [5.74, 6) is -2.79. The number of nitrogens with one attached hydrogen (secondary N) is 2. The van der Waals surface area contributed by atoms with Crippen molar-refractivity contribution in [1.82, 2.24) is 15.2 Å². The van der Waals surface area contributed by atoms with E-state index in [2.05, 4.69) is 15.3 Å². The molecule has 0 spiro atoms. The minimum Gasteiger partial charge on any atom is -0.480 e. The molecule has 0 aliphatic rings. The van der Waals surface area contributed by atoms with Crippen molar-refractivity contribution in [1.29, 1.82) is 0 Å². The predicted octanol–water partition coefficient (Wildman–Crippen LogP) is 2.95. The molecule has 0 bridgehead atoms. The Hall–Kier alpha value is -5.12. The van der Waals surface area contributed by atoms with Crippen LogP contribution in [-0.4, -0.2) is 57.9 Å². The Balaban J connectivity index is 1.78. The highest BCUT2D eigenvalue weighted by Gasteiger charge is 2.35. The van der Waals surface area contributed by atoms with Gasteiger partial charge in [0.05, 0.1) is 5.92 Å². The van der Waals surface area contributed by atoms with Crippen LogP contribution in [0.2, 0.25) is 0 Å². The summed E-state index contributed by atoms with van der Waals surface area (Å²) in [6.07, 6.45) is 2.45. The third-order valence-corrected chi connectivity index (χ3v) is 6.79. The molecule has 0 saturated carbocycles. The van der Waals surface area contributed by atoms with Crippen molar-refractivity contribution >= 4 is 34.6 Å². The number of nitrogens with zero attached hydrogens (tertiary/aromatic N) is 2. The summed E-state index contributed by atoms with van der Waals surface area (Å²) in [6, 6.07) is 25.6. The topological polar surface area (TPSA) is 167 Å². The van der Waals surface area contributed by atoms with E-state index in [9.17, 15) is 19.5 Å². The van der Waals surface area contributed by atoms with Gasteiger partial charge in [0.1, 0.15) is 12.6 Å². The summed E-state index contributed by atoms with van der Waals surface area (Å²) in [7, 11) is 0. The number of aliphatic carboxylic acids is 1. The van der Waals surface area contributed by atoms with E-state index in [0.717, 1.165) is 27.6 Å². The number of amides is 2. The molecule has 7 N–H and O–H groups in total. The van der Waals surface area contributed by atoms with Crippen LogP contribution in [0.25, 0.3) is 10.9 Å². The van der Waals surface area contributed by atoms with Gasteiger partial charge in [0.15, 0.2) is 5.96 Å². The lowest BCUT2D eigenvalue weighted by Gasteiger charge is -2.34. The maximum Gasteiger partial charge on any atom is 0.322 e. The zero-order chi connectivity index (χ0) is 29.2. The number of hydrogen-bond donors (Lipinski definition) is 5. The van der Waals surface area contributed by atoms with Crippen LogP contribution in [0.1, 0.15) is 35.4 Å². The van der Waals surface area contributed by atoms with Crippen molar-refractivity contribution in [3.63, 3.8) is 0 Å². The lowest BCUT2D eigenvalue weighted by Crippen LogP contribution is -2.51. The van der Waals surface area contributed by atoms with E-state index in [1.807, 2.05) is 91.1 Å². The zero-order valence-electron chi connectivity index (χ0n) is 22.6. The van der Waals surface area contributed by atoms with E-state index >= 15 is 0 Å². The number of benzene rings is 3. The van der Waals surface area contributed by atoms with Crippen molar-refractivity contribution in [2.75, 3.05) is 13.1 Å². The molecule has 1 atom stereocenters. The number of carboxylic acids is 1. The molecule has 0 aliphatic heterocycles. The Morgan fingerprint density at radius 2 is 1.59 bits per heavy atom. The quantitative estimate of drug-likeness (QED) is 0.0968. The standard InChI is InChI=1S/C31H34N6O4/c32-31(33)35-16-7-12-26(29(40)36-19-27(38)39)37(20-21-13-14-25-24(18-21)15-17-34-25)30(41)28(22-8-3-1-4-9-22)23-10-5-2-6-11-23/h1-6,8-11,13-15,17-18,26,28,34H,7,12,16,19-20H2,(H,36,40)(H,38,39)(H4,32,33,35)/t26-/m0/s1. The van der Waals surface area contributed by atoms with E-state index in [-0.39, 0.29) is 31.4 Å². The summed E-state index contributed by atoms with van der Waals surface area (Å²) in [5, 5.41) is 12.7. The fraction of sp³-hybridized carbons (Fsp3) is 0.226. The van der Waals surface area contributed by atoms with Gasteiger partial charge in [-0.3, -0.25) is 19.4 Å². The second kappa shape index (κ2) is 13.8. The minimum absolute atomic E-state index is 0.0714. The lowest BCUT2D eigenvalue weighted by atomic mass is 9.89. The second-order valence-corrected chi connectivity index (χ2v) is 9.70. The molecular formula is C31H34N6O4. The van der Waals surface area contributed by atoms with Crippen LogP contribution < -0.4 is 16.8 Å². The number of carbonyl (C=O) groups is 3. The van der Waals surface area contributed by atoms with Gasteiger partial charge >= 0.3 is 5.97 Å². The third kappa shape index (κ3) is 7.72. The third-order valence-electron chi connectivity index (χ3n) is 6.79. The van der Waals surface area contributed by atoms with Crippen molar-refractivity contribution in [2.45, 2.75) is 31.3 Å². The highest BCUT2D eigenvalue weighted by molar-refractivity contribution is 5.93. The van der Waals surface area contributed by atoms with Gasteiger partial charge in [0.2, 0.25) is 11.8 Å². The largest absolute Gasteiger partial charge is 0.480 e. The van der Waals surface area contributed by atoms with Gasteiger partial charge in [-0.25, -0.2) is 0 Å². The summed E-state index contributed by atoms with van der Waals surface area (Å²) in [5.41, 5.74) is 14.3. The molecule has 4 aromatic rings. The Kier molecular flexibility index (Phi) is 9.71. The van der Waals surface area contributed by atoms with E-state index < -0.39 is 30.4 Å². The molecule has 1 heterocycles. The molecule has 0 saturated heterocycles. The number of carbonyl (C=O) groups excluding carboxylic acids is 2. The molecule has 1 aromatic heterocycles. The van der Waals surface area contributed by atoms with Crippen molar-refractivity contribution < 1.29 is 19.5 Å². The highest BCUT2D eigenvalue weighted by Crippen LogP contribution is 2.30. The number of guanidine groups is 1. The fourth-order valence-electron chi connectivity index (χ4n) is 4.88. The Morgan fingerprint density at radius 1 is 0.927 bits per heavy atom. The average molecular weight is 555 g/mol. The van der Waals surface area contributed by atoms with Gasteiger partial charge in [0.25, 0.3) is 0 Å². The smallest absolute Gasteiger partial charge is 0.322 e. The van der Waals surface area contributed by atoms with Crippen LogP contribution in [-0.2, 0) is 20.9 Å². The van der Waals surface area contributed by atoms with Crippen molar-refractivity contribution in [2.24, 2.45) is 16.5 Å². The number of aliphatic imine (C=N–C) groups is 1. The summed E-state index contributed by atoms with van der Waals surface area (Å²) in [6.45, 7) is -0.186. The van der Waals surface area contributed by atoms with Gasteiger partial charge in [-0.05, 0) is 53.1 Å². The molecule has 10 nitrogen and oxygen atoms in total. The van der Waals surface area contributed by atoms with Crippen LogP contribution in [0.5, 0.6) is 0 Å².